The number of hydrogen-bond acceptors (Lipinski definition) is 3. The van der Waals surface area contributed by atoms with Crippen molar-refractivity contribution in [3.8, 4) is 0 Å². The first-order chi connectivity index (χ1) is 11.0. The predicted octanol–water partition coefficient (Wildman–Crippen LogP) is 2.23. The second kappa shape index (κ2) is 6.18. The number of benzene rings is 1. The average molecular weight is 319 g/mol. The number of anilines is 2. The SMILES string of the molecule is CC1CCN(C(=O)CN2C(=O)C(C)Nc3cc(F)ccc32)CC1. The second-order valence-electron chi connectivity index (χ2n) is 6.52. The Kier molecular flexibility index (Phi) is 4.24. The lowest BCUT2D eigenvalue weighted by molar-refractivity contribution is -0.132. The van der Waals surface area contributed by atoms with Gasteiger partial charge in [-0.1, -0.05) is 6.92 Å². The predicted molar refractivity (Wildman–Crippen MR) is 86.8 cm³/mol. The van der Waals surface area contributed by atoms with Crippen LogP contribution in [0.15, 0.2) is 18.2 Å². The maximum atomic E-state index is 13.4. The zero-order valence-electron chi connectivity index (χ0n) is 13.5. The summed E-state index contributed by atoms with van der Waals surface area (Å²) in [7, 11) is 0. The molecule has 0 bridgehead atoms. The Balaban J connectivity index is 1.79. The van der Waals surface area contributed by atoms with E-state index < -0.39 is 6.04 Å². The summed E-state index contributed by atoms with van der Waals surface area (Å²) in [5.41, 5.74) is 1.12. The topological polar surface area (TPSA) is 52.7 Å². The maximum absolute atomic E-state index is 13.4. The highest BCUT2D eigenvalue weighted by molar-refractivity contribution is 6.07. The molecule has 1 atom stereocenters. The van der Waals surface area contributed by atoms with Gasteiger partial charge in [0.1, 0.15) is 18.4 Å². The number of carbonyl (C=O) groups excluding carboxylic acids is 2. The van der Waals surface area contributed by atoms with Crippen molar-refractivity contribution >= 4 is 23.2 Å². The molecule has 2 amide bonds. The van der Waals surface area contributed by atoms with Crippen LogP contribution in [0.4, 0.5) is 15.8 Å². The molecule has 0 radical (unpaired) electrons. The molecule has 2 aliphatic heterocycles. The molecular weight excluding hydrogens is 297 g/mol. The van der Waals surface area contributed by atoms with E-state index in [1.54, 1.807) is 13.0 Å². The van der Waals surface area contributed by atoms with Crippen molar-refractivity contribution in [2.24, 2.45) is 5.92 Å². The third-order valence-electron chi connectivity index (χ3n) is 4.69. The van der Waals surface area contributed by atoms with E-state index in [0.29, 0.717) is 17.3 Å². The average Bonchev–Trinajstić information content (AvgIpc) is 2.52. The summed E-state index contributed by atoms with van der Waals surface area (Å²) in [6.45, 7) is 5.40. The van der Waals surface area contributed by atoms with Crippen LogP contribution in [0.5, 0.6) is 0 Å². The van der Waals surface area contributed by atoms with Gasteiger partial charge in [-0.25, -0.2) is 4.39 Å². The molecule has 2 aliphatic rings. The molecule has 1 N–H and O–H groups in total. The molecule has 2 heterocycles. The Hall–Kier alpha value is -2.11. The number of nitrogens with zero attached hydrogens (tertiary/aromatic N) is 2. The van der Waals surface area contributed by atoms with Crippen LogP contribution in [0.25, 0.3) is 0 Å². The van der Waals surface area contributed by atoms with E-state index in [-0.39, 0.29) is 24.2 Å². The largest absolute Gasteiger partial charge is 0.372 e. The molecule has 0 aromatic heterocycles. The minimum atomic E-state index is -0.474. The van der Waals surface area contributed by atoms with Crippen LogP contribution >= 0.6 is 0 Å². The van der Waals surface area contributed by atoms with Crippen LogP contribution in [0.3, 0.4) is 0 Å². The molecule has 124 valence electrons. The van der Waals surface area contributed by atoms with Crippen LogP contribution in [-0.4, -0.2) is 42.4 Å². The van der Waals surface area contributed by atoms with Gasteiger partial charge in [0.2, 0.25) is 11.8 Å². The lowest BCUT2D eigenvalue weighted by Crippen LogP contribution is -2.51. The number of fused-ring (bicyclic) bond motifs is 1. The van der Waals surface area contributed by atoms with Crippen molar-refractivity contribution in [2.45, 2.75) is 32.7 Å². The van der Waals surface area contributed by atoms with Crippen molar-refractivity contribution < 1.29 is 14.0 Å². The molecule has 0 spiro atoms. The Morgan fingerprint density at radius 2 is 2.00 bits per heavy atom. The van der Waals surface area contributed by atoms with E-state index in [1.165, 1.54) is 17.0 Å². The van der Waals surface area contributed by atoms with Gasteiger partial charge in [0.15, 0.2) is 0 Å². The van der Waals surface area contributed by atoms with E-state index in [2.05, 4.69) is 12.2 Å². The Morgan fingerprint density at radius 3 is 2.70 bits per heavy atom. The fourth-order valence-corrected chi connectivity index (χ4v) is 3.16. The molecule has 0 aliphatic carbocycles. The number of carbonyl (C=O) groups is 2. The first kappa shape index (κ1) is 15.8. The monoisotopic (exact) mass is 319 g/mol. The molecule has 5 nitrogen and oxygen atoms in total. The van der Waals surface area contributed by atoms with E-state index in [0.717, 1.165) is 25.9 Å². The van der Waals surface area contributed by atoms with E-state index in [4.69, 9.17) is 0 Å². The van der Waals surface area contributed by atoms with Crippen molar-refractivity contribution in [2.75, 3.05) is 29.9 Å². The first-order valence-corrected chi connectivity index (χ1v) is 8.11. The van der Waals surface area contributed by atoms with Gasteiger partial charge in [-0.2, -0.15) is 0 Å². The molecule has 3 rings (SSSR count). The molecule has 23 heavy (non-hydrogen) atoms. The molecule has 1 unspecified atom stereocenters. The van der Waals surface area contributed by atoms with E-state index in [9.17, 15) is 14.0 Å². The third kappa shape index (κ3) is 3.16. The normalized spacial score (nSPS) is 21.9. The van der Waals surface area contributed by atoms with Gasteiger partial charge >= 0.3 is 0 Å². The fraction of sp³-hybridized carbons (Fsp3) is 0.529. The maximum Gasteiger partial charge on any atom is 0.249 e. The zero-order valence-corrected chi connectivity index (χ0v) is 13.5. The van der Waals surface area contributed by atoms with Crippen molar-refractivity contribution in [1.29, 1.82) is 0 Å². The number of piperidine rings is 1. The highest BCUT2D eigenvalue weighted by Crippen LogP contribution is 2.32. The summed E-state index contributed by atoms with van der Waals surface area (Å²) >= 11 is 0. The van der Waals surface area contributed by atoms with Crippen LogP contribution in [0.1, 0.15) is 26.7 Å². The smallest absolute Gasteiger partial charge is 0.249 e. The fourth-order valence-electron chi connectivity index (χ4n) is 3.16. The van der Waals surface area contributed by atoms with Crippen LogP contribution < -0.4 is 10.2 Å². The molecule has 1 saturated heterocycles. The molecular formula is C17H22FN3O2. The molecule has 1 aromatic carbocycles. The van der Waals surface area contributed by atoms with Gasteiger partial charge in [0.05, 0.1) is 11.4 Å². The summed E-state index contributed by atoms with van der Waals surface area (Å²) in [6, 6.07) is 3.74. The quantitative estimate of drug-likeness (QED) is 0.909. The van der Waals surface area contributed by atoms with Gasteiger partial charge in [0.25, 0.3) is 0 Å². The number of rotatable bonds is 2. The molecule has 0 saturated carbocycles. The Bertz CT molecular complexity index is 626. The van der Waals surface area contributed by atoms with Gasteiger partial charge < -0.3 is 10.2 Å². The molecule has 1 fully saturated rings. The highest BCUT2D eigenvalue weighted by atomic mass is 19.1. The highest BCUT2D eigenvalue weighted by Gasteiger charge is 2.32. The lowest BCUT2D eigenvalue weighted by Gasteiger charge is -2.36. The van der Waals surface area contributed by atoms with Crippen LogP contribution in [0, 0.1) is 11.7 Å². The number of halogens is 1. The zero-order chi connectivity index (χ0) is 16.6. The van der Waals surface area contributed by atoms with Crippen molar-refractivity contribution in [3.63, 3.8) is 0 Å². The summed E-state index contributed by atoms with van der Waals surface area (Å²) < 4.78 is 13.4. The third-order valence-corrected chi connectivity index (χ3v) is 4.69. The Labute approximate surface area is 135 Å². The number of hydrogen-bond donors (Lipinski definition) is 1. The van der Waals surface area contributed by atoms with Gasteiger partial charge in [-0.3, -0.25) is 14.5 Å². The standard InChI is InChI=1S/C17H22FN3O2/c1-11-5-7-20(8-6-11)16(22)10-21-15-4-3-13(18)9-14(15)19-12(2)17(21)23/h3-4,9,11-12,19H,5-8,10H2,1-2H3. The van der Waals surface area contributed by atoms with Crippen LogP contribution in [0.2, 0.25) is 0 Å². The summed E-state index contributed by atoms with van der Waals surface area (Å²) in [6.07, 6.45) is 2.00. The number of likely N-dealkylation sites (tertiary alicyclic amines) is 1. The summed E-state index contributed by atoms with van der Waals surface area (Å²) in [4.78, 5) is 28.3. The van der Waals surface area contributed by atoms with Crippen LogP contribution in [-0.2, 0) is 9.59 Å². The number of nitrogens with one attached hydrogen (secondary N) is 1. The van der Waals surface area contributed by atoms with Gasteiger partial charge in [-0.15, -0.1) is 0 Å². The van der Waals surface area contributed by atoms with E-state index >= 15 is 0 Å². The molecule has 1 aromatic rings. The minimum Gasteiger partial charge on any atom is -0.372 e. The van der Waals surface area contributed by atoms with Crippen molar-refractivity contribution in [1.82, 2.24) is 4.90 Å². The lowest BCUT2D eigenvalue weighted by atomic mass is 9.99. The molecule has 6 heteroatoms. The van der Waals surface area contributed by atoms with Crippen molar-refractivity contribution in [3.05, 3.63) is 24.0 Å². The first-order valence-electron chi connectivity index (χ1n) is 8.11. The van der Waals surface area contributed by atoms with Gasteiger partial charge in [0, 0.05) is 13.1 Å². The van der Waals surface area contributed by atoms with E-state index in [1.807, 2.05) is 4.90 Å². The summed E-state index contributed by atoms with van der Waals surface area (Å²) in [5, 5.41) is 2.98. The summed E-state index contributed by atoms with van der Waals surface area (Å²) in [5.74, 6) is 0.0650. The second-order valence-corrected chi connectivity index (χ2v) is 6.52. The minimum absolute atomic E-state index is 0.0118. The number of amides is 2. The Morgan fingerprint density at radius 1 is 1.30 bits per heavy atom. The van der Waals surface area contributed by atoms with Gasteiger partial charge in [-0.05, 0) is 43.9 Å².